The molecule has 0 atom stereocenters. The Hall–Kier alpha value is -3.25. The summed E-state index contributed by atoms with van der Waals surface area (Å²) in [6.45, 7) is 9.33. The fraction of sp³-hybridized carbons (Fsp3) is 0.706. The quantitative estimate of drug-likeness (QED) is 0.196. The van der Waals surface area contributed by atoms with E-state index in [2.05, 4.69) is 30.4 Å². The Bertz CT molecular complexity index is 670. The van der Waals surface area contributed by atoms with Crippen molar-refractivity contribution in [3.63, 3.8) is 0 Å². The van der Waals surface area contributed by atoms with Gasteiger partial charge in [-0.3, -0.25) is 5.32 Å². The van der Waals surface area contributed by atoms with Crippen LogP contribution in [0.1, 0.15) is 41.5 Å². The van der Waals surface area contributed by atoms with Crippen molar-refractivity contribution >= 4 is 30.4 Å². The zero-order valence-electron chi connectivity index (χ0n) is 17.8. The summed E-state index contributed by atoms with van der Waals surface area (Å²) >= 11 is 0. The van der Waals surface area contributed by atoms with Crippen molar-refractivity contribution < 1.29 is 42.9 Å². The van der Waals surface area contributed by atoms with Crippen molar-refractivity contribution in [3.05, 3.63) is 0 Å². The SMILES string of the molecule is CC(C)(C)OC(=O)/N=C(\NCOC(=O)NC1COC(=O)OC1)NC(=O)OC(C)(C)C. The average Bonchev–Trinajstić information content (AvgIpc) is 2.53. The first-order chi connectivity index (χ1) is 13.7. The Morgan fingerprint density at radius 2 is 1.57 bits per heavy atom. The predicted octanol–water partition coefficient (Wildman–Crippen LogP) is 1.61. The molecule has 1 fully saturated rings. The highest BCUT2D eigenvalue weighted by molar-refractivity contribution is 5.98. The number of carbonyl (C=O) groups is 4. The van der Waals surface area contributed by atoms with Gasteiger partial charge in [0.2, 0.25) is 5.96 Å². The van der Waals surface area contributed by atoms with Crippen molar-refractivity contribution in [2.24, 2.45) is 4.99 Å². The maximum Gasteiger partial charge on any atom is 0.508 e. The number of hydrogen-bond acceptors (Lipinski definition) is 9. The minimum atomic E-state index is -0.980. The molecule has 0 aromatic heterocycles. The first-order valence-corrected chi connectivity index (χ1v) is 9.02. The van der Waals surface area contributed by atoms with E-state index in [0.717, 1.165) is 0 Å². The molecule has 13 heteroatoms. The first-order valence-electron chi connectivity index (χ1n) is 9.02. The summed E-state index contributed by atoms with van der Waals surface area (Å²) in [5, 5.41) is 7.11. The van der Waals surface area contributed by atoms with E-state index in [0.29, 0.717) is 0 Å². The average molecular weight is 432 g/mol. The van der Waals surface area contributed by atoms with Gasteiger partial charge in [0.25, 0.3) is 0 Å². The molecule has 1 rings (SSSR count). The first kappa shape index (κ1) is 24.8. The number of nitrogens with one attached hydrogen (secondary N) is 3. The third kappa shape index (κ3) is 11.6. The smallest absolute Gasteiger partial charge is 0.444 e. The standard InChI is InChI=1S/C17H28N4O9/c1-16(2,3)29-13(23)20-11(21-14(24)30-17(4,5)6)18-9-28-12(22)19-10-7-26-15(25)27-8-10/h10H,7-9H2,1-6H3,(H,19,22)(H2,18,20,21,23,24). The van der Waals surface area contributed by atoms with Crippen LogP contribution >= 0.6 is 0 Å². The van der Waals surface area contributed by atoms with Crippen molar-refractivity contribution in [2.75, 3.05) is 19.9 Å². The molecule has 0 aromatic carbocycles. The molecule has 3 N–H and O–H groups in total. The Balaban J connectivity index is 2.61. The van der Waals surface area contributed by atoms with Crippen LogP contribution in [0.25, 0.3) is 0 Å². The lowest BCUT2D eigenvalue weighted by molar-refractivity contribution is 0.000239. The van der Waals surface area contributed by atoms with Gasteiger partial charge in [0.15, 0.2) is 6.73 Å². The molecule has 1 aliphatic rings. The van der Waals surface area contributed by atoms with Crippen LogP contribution < -0.4 is 16.0 Å². The van der Waals surface area contributed by atoms with Crippen molar-refractivity contribution in [1.29, 1.82) is 0 Å². The lowest BCUT2D eigenvalue weighted by Gasteiger charge is -2.22. The van der Waals surface area contributed by atoms with Gasteiger partial charge >= 0.3 is 24.4 Å². The van der Waals surface area contributed by atoms with E-state index in [9.17, 15) is 19.2 Å². The molecule has 13 nitrogen and oxygen atoms in total. The number of rotatable bonds is 3. The molecule has 0 aromatic rings. The molecular formula is C17H28N4O9. The second-order valence-electron chi connectivity index (χ2n) is 8.03. The molecule has 1 aliphatic heterocycles. The topological polar surface area (TPSA) is 163 Å². The molecule has 0 spiro atoms. The van der Waals surface area contributed by atoms with Crippen molar-refractivity contribution in [3.8, 4) is 0 Å². The highest BCUT2D eigenvalue weighted by Gasteiger charge is 2.23. The van der Waals surface area contributed by atoms with Gasteiger partial charge in [0.1, 0.15) is 30.5 Å². The Morgan fingerprint density at radius 3 is 2.10 bits per heavy atom. The fourth-order valence-electron chi connectivity index (χ4n) is 1.78. The summed E-state index contributed by atoms with van der Waals surface area (Å²) in [4.78, 5) is 50.0. The summed E-state index contributed by atoms with van der Waals surface area (Å²) in [7, 11) is 0. The van der Waals surface area contributed by atoms with E-state index in [-0.39, 0.29) is 19.2 Å². The van der Waals surface area contributed by atoms with Gasteiger partial charge in [-0.05, 0) is 41.5 Å². The molecule has 1 saturated heterocycles. The number of amides is 3. The molecule has 0 aliphatic carbocycles. The number of hydrogen-bond donors (Lipinski definition) is 3. The van der Waals surface area contributed by atoms with E-state index in [1.54, 1.807) is 41.5 Å². The fourth-order valence-corrected chi connectivity index (χ4v) is 1.78. The van der Waals surface area contributed by atoms with Crippen LogP contribution in [-0.2, 0) is 23.7 Å². The van der Waals surface area contributed by atoms with Gasteiger partial charge in [-0.15, -0.1) is 4.99 Å². The van der Waals surface area contributed by atoms with E-state index < -0.39 is 48.4 Å². The molecule has 1 heterocycles. The Labute approximate surface area is 173 Å². The van der Waals surface area contributed by atoms with E-state index in [1.165, 1.54) is 0 Å². The Morgan fingerprint density at radius 1 is 1.00 bits per heavy atom. The monoisotopic (exact) mass is 432 g/mol. The second-order valence-corrected chi connectivity index (χ2v) is 8.03. The normalized spacial score (nSPS) is 15.3. The van der Waals surface area contributed by atoms with Crippen LogP contribution in [0, 0.1) is 0 Å². The highest BCUT2D eigenvalue weighted by atomic mass is 16.7. The molecule has 3 amide bonds. The summed E-state index contributed by atoms with van der Waals surface area (Å²) < 4.78 is 24.3. The third-order valence-corrected chi connectivity index (χ3v) is 2.79. The summed E-state index contributed by atoms with van der Waals surface area (Å²) in [6.07, 6.45) is -3.54. The van der Waals surface area contributed by atoms with Crippen molar-refractivity contribution in [1.82, 2.24) is 16.0 Å². The largest absolute Gasteiger partial charge is 0.508 e. The number of cyclic esters (lactones) is 2. The van der Waals surface area contributed by atoms with E-state index in [1.807, 2.05) is 0 Å². The molecule has 30 heavy (non-hydrogen) atoms. The second kappa shape index (κ2) is 10.5. The van der Waals surface area contributed by atoms with Crippen LogP contribution in [-0.4, -0.2) is 67.6 Å². The van der Waals surface area contributed by atoms with Crippen LogP contribution in [0.2, 0.25) is 0 Å². The lowest BCUT2D eigenvalue weighted by Crippen LogP contribution is -2.48. The van der Waals surface area contributed by atoms with Crippen LogP contribution in [0.4, 0.5) is 19.2 Å². The summed E-state index contributed by atoms with van der Waals surface area (Å²) in [6, 6.07) is -0.579. The van der Waals surface area contributed by atoms with Crippen LogP contribution in [0.15, 0.2) is 4.99 Å². The maximum absolute atomic E-state index is 11.9. The van der Waals surface area contributed by atoms with Crippen LogP contribution in [0.5, 0.6) is 0 Å². The third-order valence-electron chi connectivity index (χ3n) is 2.79. The van der Waals surface area contributed by atoms with Crippen LogP contribution in [0.3, 0.4) is 0 Å². The molecule has 170 valence electrons. The van der Waals surface area contributed by atoms with Gasteiger partial charge in [-0.1, -0.05) is 0 Å². The number of ether oxygens (including phenoxy) is 5. The molecule has 0 radical (unpaired) electrons. The molecule has 0 bridgehead atoms. The van der Waals surface area contributed by atoms with Gasteiger partial charge in [-0.2, -0.15) is 0 Å². The predicted molar refractivity (Wildman–Crippen MR) is 102 cm³/mol. The number of alkyl carbamates (subject to hydrolysis) is 2. The van der Waals surface area contributed by atoms with Gasteiger partial charge in [0, 0.05) is 0 Å². The number of guanidine groups is 1. The maximum atomic E-state index is 11.9. The van der Waals surface area contributed by atoms with Gasteiger partial charge in [-0.25, -0.2) is 19.2 Å². The lowest BCUT2D eigenvalue weighted by atomic mass is 10.2. The Kier molecular flexibility index (Phi) is 8.68. The summed E-state index contributed by atoms with van der Waals surface area (Å²) in [5.74, 6) is -0.346. The number of nitrogens with zero attached hydrogens (tertiary/aromatic N) is 1. The minimum Gasteiger partial charge on any atom is -0.444 e. The molecule has 0 unspecified atom stereocenters. The zero-order valence-corrected chi connectivity index (χ0v) is 17.8. The summed E-state index contributed by atoms with van der Waals surface area (Å²) in [5.41, 5.74) is -1.59. The number of carbonyl (C=O) groups excluding carboxylic acids is 4. The van der Waals surface area contributed by atoms with Gasteiger partial charge in [0.05, 0.1) is 0 Å². The highest BCUT2D eigenvalue weighted by Crippen LogP contribution is 2.08. The van der Waals surface area contributed by atoms with Gasteiger partial charge < -0.3 is 34.3 Å². The molecule has 0 saturated carbocycles. The zero-order chi connectivity index (χ0) is 22.9. The van der Waals surface area contributed by atoms with E-state index >= 15 is 0 Å². The van der Waals surface area contributed by atoms with E-state index in [4.69, 9.17) is 14.2 Å². The minimum absolute atomic E-state index is 0.0626. The van der Waals surface area contributed by atoms with Crippen molar-refractivity contribution in [2.45, 2.75) is 58.8 Å². The molecular weight excluding hydrogens is 404 g/mol. The number of aliphatic imine (C=N–C) groups is 1.